The lowest BCUT2D eigenvalue weighted by Gasteiger charge is -2.17. The Morgan fingerprint density at radius 3 is 2.50 bits per heavy atom. The average molecular weight is 312 g/mol. The van der Waals surface area contributed by atoms with E-state index < -0.39 is 42.4 Å². The van der Waals surface area contributed by atoms with Crippen LogP contribution in [-0.4, -0.2) is 58.9 Å². The molecule has 10 heteroatoms. The minimum absolute atomic E-state index is 0.0689. The Balaban J connectivity index is 2.22. The third-order valence-electron chi connectivity index (χ3n) is 3.96. The zero-order valence-corrected chi connectivity index (χ0v) is 11.9. The summed E-state index contributed by atoms with van der Waals surface area (Å²) >= 11 is 0. The Hall–Kier alpha value is -2.01. The topological polar surface area (TPSA) is 132 Å². The van der Waals surface area contributed by atoms with Gasteiger partial charge in [-0.25, -0.2) is 9.78 Å². The first-order valence-electron chi connectivity index (χ1n) is 6.63. The van der Waals surface area contributed by atoms with Crippen LogP contribution in [0, 0.1) is 0 Å². The molecule has 0 spiro atoms. The molecule has 1 saturated heterocycles. The van der Waals surface area contributed by atoms with Crippen LogP contribution in [0.25, 0.3) is 11.2 Å². The predicted molar refractivity (Wildman–Crippen MR) is 73.2 cm³/mol. The second-order valence-electron chi connectivity index (χ2n) is 5.26. The highest BCUT2D eigenvalue weighted by Gasteiger charge is 2.44. The Morgan fingerprint density at radius 1 is 1.23 bits per heavy atom. The van der Waals surface area contributed by atoms with Crippen LogP contribution in [0.5, 0.6) is 0 Å². The van der Waals surface area contributed by atoms with Gasteiger partial charge in [0.1, 0.15) is 18.3 Å². The summed E-state index contributed by atoms with van der Waals surface area (Å²) in [6.45, 7) is -0.474. The fourth-order valence-electron chi connectivity index (χ4n) is 2.67. The minimum atomic E-state index is -1.34. The molecule has 3 rings (SSSR count). The number of imidazole rings is 1. The Bertz CT molecular complexity index is 836. The van der Waals surface area contributed by atoms with Gasteiger partial charge in [-0.3, -0.25) is 18.5 Å². The molecule has 1 aliphatic rings. The molecule has 4 atom stereocenters. The largest absolute Gasteiger partial charge is 0.394 e. The number of nitrogens with zero attached hydrogens (tertiary/aromatic N) is 4. The van der Waals surface area contributed by atoms with Crippen LogP contribution in [-0.2, 0) is 18.8 Å². The quantitative estimate of drug-likeness (QED) is 0.540. The summed E-state index contributed by atoms with van der Waals surface area (Å²) in [6.07, 6.45) is -3.41. The van der Waals surface area contributed by atoms with Gasteiger partial charge < -0.3 is 20.1 Å². The first kappa shape index (κ1) is 14.9. The molecule has 10 nitrogen and oxygen atoms in total. The van der Waals surface area contributed by atoms with E-state index >= 15 is 0 Å². The van der Waals surface area contributed by atoms with Crippen molar-refractivity contribution >= 4 is 11.2 Å². The van der Waals surface area contributed by atoms with Crippen molar-refractivity contribution in [2.45, 2.75) is 24.5 Å². The number of aryl methyl sites for hydroxylation is 1. The highest BCUT2D eigenvalue weighted by molar-refractivity contribution is 5.70. The molecule has 120 valence electrons. The fourth-order valence-corrected chi connectivity index (χ4v) is 2.67. The van der Waals surface area contributed by atoms with Gasteiger partial charge in [-0.2, -0.15) is 0 Å². The van der Waals surface area contributed by atoms with Gasteiger partial charge in [0.2, 0.25) is 0 Å². The smallest absolute Gasteiger partial charge is 0.332 e. The SMILES string of the molecule is Cn1c(=O)c2c(ncn2[C@@H]2O[C@@H](CO)[C@@H](O)[C@@H]2O)n(C)c1=O. The molecular weight excluding hydrogens is 296 g/mol. The van der Waals surface area contributed by atoms with E-state index in [1.54, 1.807) is 0 Å². The summed E-state index contributed by atoms with van der Waals surface area (Å²) in [5.41, 5.74) is -0.900. The molecule has 0 saturated carbocycles. The monoisotopic (exact) mass is 312 g/mol. The van der Waals surface area contributed by atoms with Crippen molar-refractivity contribution < 1.29 is 20.1 Å². The van der Waals surface area contributed by atoms with Gasteiger partial charge in [-0.05, 0) is 0 Å². The Labute approximate surface area is 123 Å². The molecule has 0 radical (unpaired) electrons. The molecule has 3 heterocycles. The molecule has 2 aromatic heterocycles. The predicted octanol–water partition coefficient (Wildman–Crippen LogP) is -2.95. The molecule has 0 aromatic carbocycles. The van der Waals surface area contributed by atoms with Crippen molar-refractivity contribution in [2.24, 2.45) is 14.1 Å². The maximum absolute atomic E-state index is 12.3. The molecule has 1 aliphatic heterocycles. The number of rotatable bonds is 2. The van der Waals surface area contributed by atoms with Gasteiger partial charge in [0.15, 0.2) is 17.4 Å². The van der Waals surface area contributed by atoms with E-state index in [1.165, 1.54) is 29.6 Å². The van der Waals surface area contributed by atoms with Gasteiger partial charge in [0.25, 0.3) is 5.56 Å². The lowest BCUT2D eigenvalue weighted by molar-refractivity contribution is -0.0509. The zero-order chi connectivity index (χ0) is 16.2. The molecule has 0 unspecified atom stereocenters. The molecule has 1 fully saturated rings. The molecular formula is C12H16N4O6. The summed E-state index contributed by atoms with van der Waals surface area (Å²) in [7, 11) is 2.80. The van der Waals surface area contributed by atoms with E-state index in [9.17, 15) is 19.8 Å². The highest BCUT2D eigenvalue weighted by Crippen LogP contribution is 2.30. The summed E-state index contributed by atoms with van der Waals surface area (Å²) < 4.78 is 8.78. The first-order chi connectivity index (χ1) is 10.4. The van der Waals surface area contributed by atoms with E-state index in [4.69, 9.17) is 9.84 Å². The van der Waals surface area contributed by atoms with Crippen LogP contribution >= 0.6 is 0 Å². The van der Waals surface area contributed by atoms with E-state index in [-0.39, 0.29) is 11.2 Å². The highest BCUT2D eigenvalue weighted by atomic mass is 16.6. The van der Waals surface area contributed by atoms with Crippen LogP contribution in [0.3, 0.4) is 0 Å². The maximum Gasteiger partial charge on any atom is 0.332 e. The maximum atomic E-state index is 12.3. The van der Waals surface area contributed by atoms with Crippen molar-refractivity contribution in [3.63, 3.8) is 0 Å². The lowest BCUT2D eigenvalue weighted by Crippen LogP contribution is -2.38. The third-order valence-corrected chi connectivity index (χ3v) is 3.96. The summed E-state index contributed by atoms with van der Waals surface area (Å²) in [5.74, 6) is 0. The van der Waals surface area contributed by atoms with E-state index in [0.29, 0.717) is 0 Å². The van der Waals surface area contributed by atoms with Gasteiger partial charge in [-0.1, -0.05) is 0 Å². The first-order valence-corrected chi connectivity index (χ1v) is 6.63. The number of ether oxygens (including phenoxy) is 1. The fraction of sp³-hybridized carbons (Fsp3) is 0.583. The van der Waals surface area contributed by atoms with Crippen LogP contribution in [0.15, 0.2) is 15.9 Å². The van der Waals surface area contributed by atoms with Gasteiger partial charge >= 0.3 is 5.69 Å². The van der Waals surface area contributed by atoms with Crippen molar-refractivity contribution in [3.05, 3.63) is 27.2 Å². The van der Waals surface area contributed by atoms with Crippen molar-refractivity contribution in [1.29, 1.82) is 0 Å². The molecule has 0 bridgehead atoms. The third kappa shape index (κ3) is 1.85. The van der Waals surface area contributed by atoms with E-state index in [1.807, 2.05) is 0 Å². The van der Waals surface area contributed by atoms with E-state index in [2.05, 4.69) is 4.98 Å². The standard InChI is InChI=1S/C12H16N4O6/c1-14-9-6(10(20)15(2)12(14)21)16(4-13-9)11-8(19)7(18)5(3-17)22-11/h4-5,7-8,11,17-19H,3H2,1-2H3/t5-,7+,8-,11+/m0/s1. The normalized spacial score (nSPS) is 28.6. The summed E-state index contributed by atoms with van der Waals surface area (Å²) in [6, 6.07) is 0. The van der Waals surface area contributed by atoms with Crippen molar-refractivity contribution in [1.82, 2.24) is 18.7 Å². The number of aliphatic hydroxyl groups excluding tert-OH is 3. The molecule has 0 amide bonds. The number of hydrogen-bond acceptors (Lipinski definition) is 7. The van der Waals surface area contributed by atoms with Gasteiger partial charge in [0.05, 0.1) is 12.9 Å². The van der Waals surface area contributed by atoms with Crippen molar-refractivity contribution in [2.75, 3.05) is 6.61 Å². The second kappa shape index (κ2) is 5.02. The zero-order valence-electron chi connectivity index (χ0n) is 11.9. The summed E-state index contributed by atoms with van der Waals surface area (Å²) in [5, 5.41) is 29.0. The molecule has 2 aromatic rings. The number of aromatic nitrogens is 4. The van der Waals surface area contributed by atoms with Crippen molar-refractivity contribution in [3.8, 4) is 0 Å². The van der Waals surface area contributed by atoms with Crippen LogP contribution in [0.2, 0.25) is 0 Å². The minimum Gasteiger partial charge on any atom is -0.394 e. The second-order valence-corrected chi connectivity index (χ2v) is 5.26. The lowest BCUT2D eigenvalue weighted by atomic mass is 10.1. The average Bonchev–Trinajstić information content (AvgIpc) is 3.06. The number of hydrogen-bond donors (Lipinski definition) is 3. The molecule has 3 N–H and O–H groups in total. The molecule has 0 aliphatic carbocycles. The van der Waals surface area contributed by atoms with Crippen LogP contribution in [0.4, 0.5) is 0 Å². The summed E-state index contributed by atoms with van der Waals surface area (Å²) in [4.78, 5) is 28.2. The number of fused-ring (bicyclic) bond motifs is 1. The van der Waals surface area contributed by atoms with Crippen LogP contribution in [0.1, 0.15) is 6.23 Å². The van der Waals surface area contributed by atoms with Gasteiger partial charge in [-0.15, -0.1) is 0 Å². The van der Waals surface area contributed by atoms with Crippen LogP contribution < -0.4 is 11.2 Å². The Kier molecular flexibility index (Phi) is 3.40. The van der Waals surface area contributed by atoms with E-state index in [0.717, 1.165) is 4.57 Å². The Morgan fingerprint density at radius 2 is 1.91 bits per heavy atom. The van der Waals surface area contributed by atoms with Gasteiger partial charge in [0, 0.05) is 14.1 Å². The molecule has 22 heavy (non-hydrogen) atoms. The number of aliphatic hydroxyl groups is 3.